The van der Waals surface area contributed by atoms with Gasteiger partial charge in [0.15, 0.2) is 0 Å². The zero-order valence-corrected chi connectivity index (χ0v) is 13.4. The second-order valence-corrected chi connectivity index (χ2v) is 4.78. The zero-order valence-electron chi connectivity index (χ0n) is 13.4. The van der Waals surface area contributed by atoms with E-state index in [0.29, 0.717) is 6.54 Å². The van der Waals surface area contributed by atoms with Crippen molar-refractivity contribution in [2.24, 2.45) is 0 Å². The Morgan fingerprint density at radius 1 is 1.17 bits per heavy atom. The van der Waals surface area contributed by atoms with Gasteiger partial charge in [0.05, 0.1) is 0 Å². The lowest BCUT2D eigenvalue weighted by Gasteiger charge is -2.21. The first-order chi connectivity index (χ1) is 11.3. The topological polar surface area (TPSA) is 70.7 Å². The lowest BCUT2D eigenvalue weighted by atomic mass is 10.2. The third-order valence-corrected chi connectivity index (χ3v) is 3.01. The molecule has 134 valence electrons. The van der Waals surface area contributed by atoms with E-state index in [4.69, 9.17) is 0 Å². The van der Waals surface area contributed by atoms with Gasteiger partial charge in [-0.05, 0) is 19.9 Å². The molecule has 0 bridgehead atoms. The minimum atomic E-state index is -4.81. The summed E-state index contributed by atoms with van der Waals surface area (Å²) in [5, 5.41) is 5.05. The molecule has 0 aliphatic carbocycles. The number of nitrogens with zero attached hydrogens (tertiary/aromatic N) is 1. The predicted octanol–water partition coefficient (Wildman–Crippen LogP) is 2.25. The number of hydrogen-bond acceptors (Lipinski definition) is 3. The van der Waals surface area contributed by atoms with E-state index in [1.807, 2.05) is 0 Å². The first-order valence-electron chi connectivity index (χ1n) is 7.40. The summed E-state index contributed by atoms with van der Waals surface area (Å²) in [5.41, 5.74) is 0.178. The van der Waals surface area contributed by atoms with Gasteiger partial charge in [0.25, 0.3) is 0 Å². The molecule has 1 rings (SSSR count). The third-order valence-electron chi connectivity index (χ3n) is 3.01. The molecule has 24 heavy (non-hydrogen) atoms. The van der Waals surface area contributed by atoms with Crippen LogP contribution in [-0.2, 0) is 11.3 Å². The average Bonchev–Trinajstić information content (AvgIpc) is 2.50. The average molecular weight is 347 g/mol. The molecule has 0 radical (unpaired) electrons. The molecule has 2 N–H and O–H groups in total. The van der Waals surface area contributed by atoms with Gasteiger partial charge in [-0.1, -0.05) is 18.2 Å². The first kappa shape index (κ1) is 19.6. The van der Waals surface area contributed by atoms with Crippen molar-refractivity contribution in [1.29, 1.82) is 0 Å². The third kappa shape index (κ3) is 6.76. The SMILES string of the molecule is CCNC(=O)CN(CC)C(=O)NCc1ccccc1OC(F)(F)F. The Bertz CT molecular complexity index is 564. The number of benzene rings is 1. The lowest BCUT2D eigenvalue weighted by molar-refractivity contribution is -0.274. The number of likely N-dealkylation sites (N-methyl/N-ethyl adjacent to an activating group) is 2. The van der Waals surface area contributed by atoms with E-state index < -0.39 is 12.4 Å². The lowest BCUT2D eigenvalue weighted by Crippen LogP contribution is -2.45. The van der Waals surface area contributed by atoms with Gasteiger partial charge in [0, 0.05) is 25.2 Å². The van der Waals surface area contributed by atoms with Crippen LogP contribution in [0.5, 0.6) is 5.75 Å². The molecule has 0 aromatic heterocycles. The summed E-state index contributed by atoms with van der Waals surface area (Å²) in [4.78, 5) is 24.8. The van der Waals surface area contributed by atoms with Crippen LogP contribution in [-0.4, -0.2) is 42.8 Å². The highest BCUT2D eigenvalue weighted by molar-refractivity contribution is 5.83. The molecular formula is C15H20F3N3O3. The van der Waals surface area contributed by atoms with Crippen LogP contribution in [0.25, 0.3) is 0 Å². The molecule has 0 saturated heterocycles. The summed E-state index contributed by atoms with van der Waals surface area (Å²) >= 11 is 0. The van der Waals surface area contributed by atoms with Gasteiger partial charge in [0.2, 0.25) is 5.91 Å². The van der Waals surface area contributed by atoms with Gasteiger partial charge in [-0.3, -0.25) is 4.79 Å². The van der Waals surface area contributed by atoms with Gasteiger partial charge in [-0.15, -0.1) is 13.2 Å². The molecule has 0 heterocycles. The Balaban J connectivity index is 2.67. The van der Waals surface area contributed by atoms with Crippen LogP contribution in [0.2, 0.25) is 0 Å². The smallest absolute Gasteiger partial charge is 0.405 e. The second-order valence-electron chi connectivity index (χ2n) is 4.78. The number of nitrogens with one attached hydrogen (secondary N) is 2. The Morgan fingerprint density at radius 2 is 1.83 bits per heavy atom. The van der Waals surface area contributed by atoms with E-state index in [1.165, 1.54) is 29.2 Å². The maximum Gasteiger partial charge on any atom is 0.573 e. The van der Waals surface area contributed by atoms with Crippen LogP contribution >= 0.6 is 0 Å². The molecule has 1 aromatic carbocycles. The molecule has 0 spiro atoms. The van der Waals surface area contributed by atoms with E-state index in [9.17, 15) is 22.8 Å². The van der Waals surface area contributed by atoms with E-state index in [2.05, 4.69) is 15.4 Å². The van der Waals surface area contributed by atoms with Crippen molar-refractivity contribution in [3.8, 4) is 5.75 Å². The van der Waals surface area contributed by atoms with E-state index in [0.717, 1.165) is 0 Å². The molecule has 9 heteroatoms. The predicted molar refractivity (Wildman–Crippen MR) is 81.3 cm³/mol. The number of carbonyl (C=O) groups is 2. The fourth-order valence-corrected chi connectivity index (χ4v) is 1.91. The molecule has 1 aromatic rings. The summed E-state index contributed by atoms with van der Waals surface area (Å²) in [6, 6.07) is 4.98. The zero-order chi connectivity index (χ0) is 18.2. The fourth-order valence-electron chi connectivity index (χ4n) is 1.91. The molecular weight excluding hydrogens is 327 g/mol. The molecule has 0 aliphatic rings. The van der Waals surface area contributed by atoms with Crippen molar-refractivity contribution in [3.63, 3.8) is 0 Å². The number of urea groups is 1. The number of ether oxygens (including phenoxy) is 1. The summed E-state index contributed by atoms with van der Waals surface area (Å²) in [6.45, 7) is 3.89. The quantitative estimate of drug-likeness (QED) is 0.795. The molecule has 6 nitrogen and oxygen atoms in total. The summed E-state index contributed by atoms with van der Waals surface area (Å²) < 4.78 is 41.0. The Kier molecular flexibility index (Phi) is 7.34. The number of rotatable bonds is 7. The Labute approximate surface area is 138 Å². The molecule has 0 atom stereocenters. The highest BCUT2D eigenvalue weighted by Gasteiger charge is 2.32. The fraction of sp³-hybridized carbons (Fsp3) is 0.467. The maximum absolute atomic E-state index is 12.4. The van der Waals surface area contributed by atoms with Gasteiger partial charge < -0.3 is 20.3 Å². The number of alkyl halides is 3. The standard InChI is InChI=1S/C15H20F3N3O3/c1-3-19-13(22)10-21(4-2)14(23)20-9-11-7-5-6-8-12(11)24-15(16,17)18/h5-8H,3-4,9-10H2,1-2H3,(H,19,22)(H,20,23). The molecule has 0 aliphatic heterocycles. The van der Waals surface area contributed by atoms with Crippen molar-refractivity contribution < 1.29 is 27.5 Å². The second kappa shape index (κ2) is 8.99. The summed E-state index contributed by atoms with van der Waals surface area (Å²) in [6.07, 6.45) is -4.81. The van der Waals surface area contributed by atoms with Crippen molar-refractivity contribution >= 4 is 11.9 Å². The van der Waals surface area contributed by atoms with Crippen molar-refractivity contribution in [1.82, 2.24) is 15.5 Å². The minimum absolute atomic E-state index is 0.128. The summed E-state index contributed by atoms with van der Waals surface area (Å²) in [5.74, 6) is -0.688. The van der Waals surface area contributed by atoms with Crippen molar-refractivity contribution in [2.45, 2.75) is 26.8 Å². The highest BCUT2D eigenvalue weighted by Crippen LogP contribution is 2.26. The first-order valence-corrected chi connectivity index (χ1v) is 7.40. The summed E-state index contributed by atoms with van der Waals surface area (Å²) in [7, 11) is 0. The highest BCUT2D eigenvalue weighted by atomic mass is 19.4. The molecule has 0 saturated carbocycles. The van der Waals surface area contributed by atoms with Crippen LogP contribution in [0, 0.1) is 0 Å². The monoisotopic (exact) mass is 347 g/mol. The van der Waals surface area contributed by atoms with Crippen LogP contribution in [0.15, 0.2) is 24.3 Å². The van der Waals surface area contributed by atoms with Crippen LogP contribution in [0.4, 0.5) is 18.0 Å². The van der Waals surface area contributed by atoms with E-state index in [-0.39, 0.29) is 36.9 Å². The van der Waals surface area contributed by atoms with Crippen LogP contribution in [0.1, 0.15) is 19.4 Å². The number of amides is 3. The molecule has 3 amide bonds. The Hall–Kier alpha value is -2.45. The van der Waals surface area contributed by atoms with Gasteiger partial charge in [-0.2, -0.15) is 0 Å². The van der Waals surface area contributed by atoms with Crippen molar-refractivity contribution in [3.05, 3.63) is 29.8 Å². The van der Waals surface area contributed by atoms with Gasteiger partial charge in [0.1, 0.15) is 12.3 Å². The maximum atomic E-state index is 12.4. The normalized spacial score (nSPS) is 10.9. The Morgan fingerprint density at radius 3 is 2.42 bits per heavy atom. The molecule has 0 fully saturated rings. The number of hydrogen-bond donors (Lipinski definition) is 2. The van der Waals surface area contributed by atoms with Gasteiger partial charge in [-0.25, -0.2) is 4.79 Å². The minimum Gasteiger partial charge on any atom is -0.405 e. The van der Waals surface area contributed by atoms with Crippen LogP contribution in [0.3, 0.4) is 0 Å². The van der Waals surface area contributed by atoms with E-state index in [1.54, 1.807) is 13.8 Å². The number of halogens is 3. The number of para-hydroxylation sites is 1. The van der Waals surface area contributed by atoms with Crippen molar-refractivity contribution in [2.75, 3.05) is 19.6 Å². The van der Waals surface area contributed by atoms with E-state index >= 15 is 0 Å². The van der Waals surface area contributed by atoms with Crippen LogP contribution < -0.4 is 15.4 Å². The molecule has 0 unspecified atom stereocenters. The van der Waals surface area contributed by atoms with Gasteiger partial charge >= 0.3 is 12.4 Å². The largest absolute Gasteiger partial charge is 0.573 e. The number of carbonyl (C=O) groups excluding carboxylic acids is 2.